The van der Waals surface area contributed by atoms with E-state index in [2.05, 4.69) is 25.9 Å². The van der Waals surface area contributed by atoms with E-state index in [1.165, 1.54) is 4.90 Å². The van der Waals surface area contributed by atoms with Gasteiger partial charge in [0.05, 0.1) is 5.71 Å². The van der Waals surface area contributed by atoms with Crippen LogP contribution in [0.4, 0.5) is 4.79 Å². The quantitative estimate of drug-likeness (QED) is 0.571. The zero-order valence-electron chi connectivity index (χ0n) is 12.9. The average molecular weight is 282 g/mol. The Kier molecular flexibility index (Phi) is 3.73. The molecule has 2 saturated carbocycles. The molecule has 2 rings (SSSR count). The molecule has 5 nitrogen and oxygen atoms in total. The molecule has 2 aliphatic rings. The highest BCUT2D eigenvalue weighted by atomic mass is 16.4. The van der Waals surface area contributed by atoms with Crippen molar-refractivity contribution < 1.29 is 15.1 Å². The van der Waals surface area contributed by atoms with Crippen LogP contribution in [0.5, 0.6) is 0 Å². The SMILES string of the molecule is CN(C(=O)O)C1CCC2(CC1)CC(=NO)C2C(C)(C)C. The van der Waals surface area contributed by atoms with Crippen molar-refractivity contribution in [3.05, 3.63) is 0 Å². The normalized spacial score (nSPS) is 35.9. The van der Waals surface area contributed by atoms with Gasteiger partial charge < -0.3 is 15.2 Å². The summed E-state index contributed by atoms with van der Waals surface area (Å²) in [5.41, 5.74) is 1.23. The third kappa shape index (κ3) is 2.38. The molecule has 20 heavy (non-hydrogen) atoms. The van der Waals surface area contributed by atoms with E-state index in [0.29, 0.717) is 5.92 Å². The van der Waals surface area contributed by atoms with Crippen molar-refractivity contribution in [3.8, 4) is 0 Å². The molecule has 1 unspecified atom stereocenters. The molecule has 0 aliphatic heterocycles. The summed E-state index contributed by atoms with van der Waals surface area (Å²) in [5, 5.41) is 21.7. The fourth-order valence-corrected chi connectivity index (χ4v) is 4.49. The van der Waals surface area contributed by atoms with E-state index in [4.69, 9.17) is 10.3 Å². The molecule has 1 spiro atoms. The van der Waals surface area contributed by atoms with Gasteiger partial charge in [-0.1, -0.05) is 25.9 Å². The topological polar surface area (TPSA) is 73.1 Å². The molecule has 0 aromatic heterocycles. The van der Waals surface area contributed by atoms with Crippen molar-refractivity contribution in [2.24, 2.45) is 21.9 Å². The molecule has 1 atom stereocenters. The van der Waals surface area contributed by atoms with Gasteiger partial charge >= 0.3 is 6.09 Å². The van der Waals surface area contributed by atoms with E-state index in [-0.39, 0.29) is 16.9 Å². The van der Waals surface area contributed by atoms with Crippen LogP contribution in [0, 0.1) is 16.7 Å². The Balaban J connectivity index is 2.08. The molecule has 0 heterocycles. The highest BCUT2D eigenvalue weighted by Crippen LogP contribution is 2.60. The first-order valence-corrected chi connectivity index (χ1v) is 7.38. The monoisotopic (exact) mass is 282 g/mol. The van der Waals surface area contributed by atoms with Gasteiger partial charge in [-0.15, -0.1) is 0 Å². The van der Waals surface area contributed by atoms with Gasteiger partial charge in [-0.2, -0.15) is 0 Å². The summed E-state index contributed by atoms with van der Waals surface area (Å²) in [6, 6.07) is 0.133. The van der Waals surface area contributed by atoms with Gasteiger partial charge in [-0.3, -0.25) is 0 Å². The van der Waals surface area contributed by atoms with Crippen LogP contribution in [0.1, 0.15) is 52.9 Å². The fourth-order valence-electron chi connectivity index (χ4n) is 4.49. The first kappa shape index (κ1) is 15.1. The summed E-state index contributed by atoms with van der Waals surface area (Å²) in [6.45, 7) is 6.58. The van der Waals surface area contributed by atoms with Crippen LogP contribution < -0.4 is 0 Å². The Bertz CT molecular complexity index is 417. The van der Waals surface area contributed by atoms with E-state index in [9.17, 15) is 4.79 Å². The van der Waals surface area contributed by atoms with Crippen LogP contribution in [-0.2, 0) is 0 Å². The van der Waals surface area contributed by atoms with Crippen LogP contribution in [0.25, 0.3) is 0 Å². The Labute approximate surface area is 120 Å². The maximum atomic E-state index is 11.0. The first-order valence-electron chi connectivity index (χ1n) is 7.38. The van der Waals surface area contributed by atoms with Crippen LogP contribution in [0.2, 0.25) is 0 Å². The standard InChI is InChI=1S/C15H26N2O3/c1-14(2,3)12-11(16-20)9-15(12)7-5-10(6-8-15)17(4)13(18)19/h10,12,20H,5-9H2,1-4H3,(H,18,19). The van der Waals surface area contributed by atoms with E-state index in [1.807, 2.05) is 0 Å². The third-order valence-electron chi connectivity index (χ3n) is 5.27. The summed E-state index contributed by atoms with van der Waals surface area (Å²) in [5.74, 6) is 0.316. The lowest BCUT2D eigenvalue weighted by atomic mass is 9.46. The molecular formula is C15H26N2O3. The summed E-state index contributed by atoms with van der Waals surface area (Å²) < 4.78 is 0. The fraction of sp³-hybridized carbons (Fsp3) is 0.867. The molecule has 0 aromatic rings. The molecule has 2 aliphatic carbocycles. The summed E-state index contributed by atoms with van der Waals surface area (Å²) >= 11 is 0. The number of rotatable bonds is 1. The molecule has 0 bridgehead atoms. The smallest absolute Gasteiger partial charge is 0.407 e. The summed E-state index contributed by atoms with van der Waals surface area (Å²) in [4.78, 5) is 12.5. The Morgan fingerprint density at radius 1 is 1.35 bits per heavy atom. The van der Waals surface area contributed by atoms with Gasteiger partial charge in [0.15, 0.2) is 0 Å². The van der Waals surface area contributed by atoms with E-state index in [0.717, 1.165) is 37.8 Å². The summed E-state index contributed by atoms with van der Waals surface area (Å²) in [6.07, 6.45) is 3.90. The second kappa shape index (κ2) is 4.93. The number of amides is 1. The second-order valence-corrected chi connectivity index (χ2v) is 7.55. The maximum Gasteiger partial charge on any atom is 0.407 e. The molecular weight excluding hydrogens is 256 g/mol. The number of carboxylic acid groups (broad SMARTS) is 1. The van der Waals surface area contributed by atoms with Crippen molar-refractivity contribution in [1.29, 1.82) is 0 Å². The lowest BCUT2D eigenvalue weighted by Gasteiger charge is -2.58. The molecule has 2 N–H and O–H groups in total. The highest BCUT2D eigenvalue weighted by molar-refractivity contribution is 5.94. The van der Waals surface area contributed by atoms with Crippen molar-refractivity contribution in [3.63, 3.8) is 0 Å². The van der Waals surface area contributed by atoms with Gasteiger partial charge in [0, 0.05) is 19.0 Å². The molecule has 0 radical (unpaired) electrons. The first-order chi connectivity index (χ1) is 9.21. The largest absolute Gasteiger partial charge is 0.465 e. The van der Waals surface area contributed by atoms with Gasteiger partial charge in [0.25, 0.3) is 0 Å². The zero-order valence-corrected chi connectivity index (χ0v) is 12.9. The van der Waals surface area contributed by atoms with Crippen LogP contribution in [0.15, 0.2) is 5.16 Å². The van der Waals surface area contributed by atoms with Crippen molar-refractivity contribution >= 4 is 11.8 Å². The van der Waals surface area contributed by atoms with Crippen LogP contribution in [-0.4, -0.2) is 40.1 Å². The molecule has 5 heteroatoms. The molecule has 0 aromatic carbocycles. The average Bonchev–Trinajstić information content (AvgIpc) is 2.33. The van der Waals surface area contributed by atoms with E-state index in [1.54, 1.807) is 7.05 Å². The predicted octanol–water partition coefficient (Wildman–Crippen LogP) is 3.42. The van der Waals surface area contributed by atoms with Gasteiger partial charge in [-0.25, -0.2) is 4.79 Å². The van der Waals surface area contributed by atoms with E-state index >= 15 is 0 Å². The minimum atomic E-state index is -0.843. The van der Waals surface area contributed by atoms with Gasteiger partial charge in [0.1, 0.15) is 0 Å². The minimum absolute atomic E-state index is 0.0886. The lowest BCUT2D eigenvalue weighted by molar-refractivity contribution is 0.00359. The molecule has 114 valence electrons. The Morgan fingerprint density at radius 2 is 1.90 bits per heavy atom. The number of carbonyl (C=O) groups is 1. The van der Waals surface area contributed by atoms with Gasteiger partial charge in [0.2, 0.25) is 0 Å². The zero-order chi connectivity index (χ0) is 15.1. The minimum Gasteiger partial charge on any atom is -0.465 e. The lowest BCUT2D eigenvalue weighted by Crippen LogP contribution is -2.57. The molecule has 2 fully saturated rings. The van der Waals surface area contributed by atoms with Gasteiger partial charge in [-0.05, 0) is 42.9 Å². The van der Waals surface area contributed by atoms with Crippen molar-refractivity contribution in [1.82, 2.24) is 4.90 Å². The maximum absolute atomic E-state index is 11.0. The van der Waals surface area contributed by atoms with Crippen molar-refractivity contribution in [2.75, 3.05) is 7.05 Å². The predicted molar refractivity (Wildman–Crippen MR) is 77.3 cm³/mol. The molecule has 1 amide bonds. The number of nitrogens with zero attached hydrogens (tertiary/aromatic N) is 2. The number of hydrogen-bond acceptors (Lipinski definition) is 3. The van der Waals surface area contributed by atoms with E-state index < -0.39 is 6.09 Å². The number of hydrogen-bond donors (Lipinski definition) is 2. The van der Waals surface area contributed by atoms with Crippen LogP contribution >= 0.6 is 0 Å². The van der Waals surface area contributed by atoms with Crippen molar-refractivity contribution in [2.45, 2.75) is 58.9 Å². The van der Waals surface area contributed by atoms with Crippen LogP contribution in [0.3, 0.4) is 0 Å². The Morgan fingerprint density at radius 3 is 2.30 bits per heavy atom. The second-order valence-electron chi connectivity index (χ2n) is 7.55. The number of oxime groups is 1. The highest BCUT2D eigenvalue weighted by Gasteiger charge is 2.57. The Hall–Kier alpha value is -1.26. The molecule has 0 saturated heterocycles. The summed E-state index contributed by atoms with van der Waals surface area (Å²) in [7, 11) is 1.66. The third-order valence-corrected chi connectivity index (χ3v) is 5.27.